The van der Waals surface area contributed by atoms with Gasteiger partial charge < -0.3 is 10.6 Å². The van der Waals surface area contributed by atoms with E-state index in [4.69, 9.17) is 5.73 Å². The summed E-state index contributed by atoms with van der Waals surface area (Å²) in [5.74, 6) is 1.71. The quantitative estimate of drug-likeness (QED) is 0.856. The first kappa shape index (κ1) is 15.8. The number of likely N-dealkylation sites (tertiary alicyclic amines) is 1. The van der Waals surface area contributed by atoms with Gasteiger partial charge >= 0.3 is 0 Å². The molecular formula is C14H27ClN2O. The van der Waals surface area contributed by atoms with Gasteiger partial charge in [0.15, 0.2) is 0 Å². The summed E-state index contributed by atoms with van der Waals surface area (Å²) >= 11 is 0. The molecule has 0 spiro atoms. The van der Waals surface area contributed by atoms with Gasteiger partial charge in [-0.2, -0.15) is 0 Å². The summed E-state index contributed by atoms with van der Waals surface area (Å²) in [4.78, 5) is 14.1. The average molecular weight is 275 g/mol. The zero-order valence-corrected chi connectivity index (χ0v) is 12.3. The van der Waals surface area contributed by atoms with E-state index >= 15 is 0 Å². The van der Waals surface area contributed by atoms with Crippen LogP contribution in [0.25, 0.3) is 0 Å². The molecule has 2 unspecified atom stereocenters. The lowest BCUT2D eigenvalue weighted by atomic mass is 9.82. The van der Waals surface area contributed by atoms with Gasteiger partial charge in [0.25, 0.3) is 0 Å². The molecule has 0 aromatic heterocycles. The number of carbonyl (C=O) groups is 1. The van der Waals surface area contributed by atoms with E-state index in [0.717, 1.165) is 38.3 Å². The fraction of sp³-hybridized carbons (Fsp3) is 0.929. The van der Waals surface area contributed by atoms with Gasteiger partial charge in [-0.3, -0.25) is 4.79 Å². The molecule has 2 fully saturated rings. The Morgan fingerprint density at radius 1 is 1.33 bits per heavy atom. The van der Waals surface area contributed by atoms with Crippen LogP contribution in [0.2, 0.25) is 0 Å². The maximum absolute atomic E-state index is 12.1. The van der Waals surface area contributed by atoms with Crippen LogP contribution in [-0.2, 0) is 4.79 Å². The number of hydrogen-bond acceptors (Lipinski definition) is 2. The Morgan fingerprint density at radius 2 is 2.06 bits per heavy atom. The topological polar surface area (TPSA) is 46.3 Å². The number of piperidine rings is 1. The van der Waals surface area contributed by atoms with E-state index in [1.165, 1.54) is 25.7 Å². The first-order valence-electron chi connectivity index (χ1n) is 7.20. The predicted molar refractivity (Wildman–Crippen MR) is 76.8 cm³/mol. The zero-order valence-electron chi connectivity index (χ0n) is 11.4. The number of hydrogen-bond donors (Lipinski definition) is 1. The second-order valence-corrected chi connectivity index (χ2v) is 5.94. The molecular weight excluding hydrogens is 248 g/mol. The number of halogens is 1. The van der Waals surface area contributed by atoms with E-state index in [9.17, 15) is 4.79 Å². The van der Waals surface area contributed by atoms with Crippen LogP contribution in [0.3, 0.4) is 0 Å². The highest BCUT2D eigenvalue weighted by molar-refractivity contribution is 5.85. The van der Waals surface area contributed by atoms with Gasteiger partial charge in [0.1, 0.15) is 0 Å². The van der Waals surface area contributed by atoms with Crippen LogP contribution < -0.4 is 5.73 Å². The molecule has 1 aliphatic heterocycles. The second-order valence-electron chi connectivity index (χ2n) is 5.94. The lowest BCUT2D eigenvalue weighted by Crippen LogP contribution is -2.45. The molecule has 0 radical (unpaired) electrons. The Bertz CT molecular complexity index is 267. The molecule has 2 aliphatic rings. The number of rotatable bonds is 4. The molecule has 0 aromatic carbocycles. The van der Waals surface area contributed by atoms with E-state index < -0.39 is 0 Å². The lowest BCUT2D eigenvalue weighted by Gasteiger charge is -2.35. The molecule has 18 heavy (non-hydrogen) atoms. The number of amides is 1. The van der Waals surface area contributed by atoms with E-state index in [1.807, 2.05) is 0 Å². The van der Waals surface area contributed by atoms with Crippen LogP contribution in [0.5, 0.6) is 0 Å². The molecule has 2 atom stereocenters. The first-order valence-corrected chi connectivity index (χ1v) is 7.20. The Balaban J connectivity index is 0.00000162. The van der Waals surface area contributed by atoms with Crippen LogP contribution in [0, 0.1) is 11.8 Å². The summed E-state index contributed by atoms with van der Waals surface area (Å²) < 4.78 is 0. The fourth-order valence-electron chi connectivity index (χ4n) is 2.93. The van der Waals surface area contributed by atoms with Crippen molar-refractivity contribution in [1.82, 2.24) is 4.90 Å². The van der Waals surface area contributed by atoms with Gasteiger partial charge in [0.2, 0.25) is 5.91 Å². The maximum atomic E-state index is 12.1. The van der Waals surface area contributed by atoms with E-state index in [2.05, 4.69) is 11.8 Å². The molecule has 1 amide bonds. The molecule has 2 rings (SSSR count). The summed E-state index contributed by atoms with van der Waals surface area (Å²) in [6.45, 7) is 3.90. The molecule has 1 aliphatic carbocycles. The van der Waals surface area contributed by atoms with E-state index in [0.29, 0.717) is 11.8 Å². The SMILES string of the molecule is CC(N)C1CCCN(C(=O)CCC2CCC2)C1.Cl. The average Bonchev–Trinajstić information content (AvgIpc) is 2.27. The molecule has 0 bridgehead atoms. The predicted octanol–water partition coefficient (Wildman–Crippen LogP) is 2.57. The van der Waals surface area contributed by atoms with Crippen molar-refractivity contribution >= 4 is 18.3 Å². The summed E-state index contributed by atoms with van der Waals surface area (Å²) in [6.07, 6.45) is 8.24. The standard InChI is InChI=1S/C14H26N2O.ClH/c1-11(15)13-6-3-9-16(10-13)14(17)8-7-12-4-2-5-12;/h11-13H,2-10,15H2,1H3;1H. The monoisotopic (exact) mass is 274 g/mol. The molecule has 2 N–H and O–H groups in total. The largest absolute Gasteiger partial charge is 0.342 e. The minimum atomic E-state index is 0. The third-order valence-electron chi connectivity index (χ3n) is 4.55. The Morgan fingerprint density at radius 3 is 2.61 bits per heavy atom. The number of carbonyl (C=O) groups excluding carboxylic acids is 1. The van der Waals surface area contributed by atoms with Gasteiger partial charge in [-0.15, -0.1) is 12.4 Å². The van der Waals surface area contributed by atoms with Crippen molar-refractivity contribution in [3.63, 3.8) is 0 Å². The van der Waals surface area contributed by atoms with E-state index in [1.54, 1.807) is 0 Å². The first-order chi connectivity index (χ1) is 8.16. The highest BCUT2D eigenvalue weighted by atomic mass is 35.5. The zero-order chi connectivity index (χ0) is 12.3. The Labute approximate surface area is 117 Å². The number of nitrogens with zero attached hydrogens (tertiary/aromatic N) is 1. The summed E-state index contributed by atoms with van der Waals surface area (Å²) in [5, 5.41) is 0. The van der Waals surface area contributed by atoms with Gasteiger partial charge in [-0.25, -0.2) is 0 Å². The van der Waals surface area contributed by atoms with Gasteiger partial charge in [-0.05, 0) is 38.0 Å². The summed E-state index contributed by atoms with van der Waals surface area (Å²) in [5.41, 5.74) is 5.94. The van der Waals surface area contributed by atoms with Gasteiger partial charge in [0.05, 0.1) is 0 Å². The summed E-state index contributed by atoms with van der Waals surface area (Å²) in [6, 6.07) is 0.220. The third kappa shape index (κ3) is 4.13. The second kappa shape index (κ2) is 7.34. The molecule has 1 saturated heterocycles. The minimum absolute atomic E-state index is 0. The van der Waals surface area contributed by atoms with Crippen LogP contribution in [0.1, 0.15) is 51.9 Å². The molecule has 1 heterocycles. The van der Waals surface area contributed by atoms with Crippen molar-refractivity contribution in [2.75, 3.05) is 13.1 Å². The molecule has 0 aromatic rings. The Hall–Kier alpha value is -0.280. The third-order valence-corrected chi connectivity index (χ3v) is 4.55. The molecule has 1 saturated carbocycles. The highest BCUT2D eigenvalue weighted by Crippen LogP contribution is 2.31. The maximum Gasteiger partial charge on any atom is 0.222 e. The van der Waals surface area contributed by atoms with Gasteiger partial charge in [-0.1, -0.05) is 19.3 Å². The van der Waals surface area contributed by atoms with Crippen molar-refractivity contribution in [1.29, 1.82) is 0 Å². The van der Waals surface area contributed by atoms with Crippen LogP contribution in [0.15, 0.2) is 0 Å². The van der Waals surface area contributed by atoms with Crippen LogP contribution in [0.4, 0.5) is 0 Å². The molecule has 4 heteroatoms. The van der Waals surface area contributed by atoms with Crippen molar-refractivity contribution in [2.45, 2.75) is 57.9 Å². The normalized spacial score (nSPS) is 26.1. The van der Waals surface area contributed by atoms with Crippen molar-refractivity contribution in [3.8, 4) is 0 Å². The van der Waals surface area contributed by atoms with Crippen molar-refractivity contribution < 1.29 is 4.79 Å². The fourth-order valence-corrected chi connectivity index (χ4v) is 2.93. The highest BCUT2D eigenvalue weighted by Gasteiger charge is 2.26. The minimum Gasteiger partial charge on any atom is -0.342 e. The van der Waals surface area contributed by atoms with Crippen molar-refractivity contribution in [3.05, 3.63) is 0 Å². The lowest BCUT2D eigenvalue weighted by molar-refractivity contribution is -0.133. The van der Waals surface area contributed by atoms with Crippen LogP contribution in [-0.4, -0.2) is 29.9 Å². The van der Waals surface area contributed by atoms with Crippen molar-refractivity contribution in [2.24, 2.45) is 17.6 Å². The Kier molecular flexibility index (Phi) is 6.44. The van der Waals surface area contributed by atoms with Gasteiger partial charge in [0, 0.05) is 25.6 Å². The molecule has 3 nitrogen and oxygen atoms in total. The molecule has 106 valence electrons. The summed E-state index contributed by atoms with van der Waals surface area (Å²) in [7, 11) is 0. The van der Waals surface area contributed by atoms with Crippen LogP contribution >= 0.6 is 12.4 Å². The number of nitrogens with two attached hydrogens (primary N) is 1. The van der Waals surface area contributed by atoms with E-state index in [-0.39, 0.29) is 18.4 Å². The smallest absolute Gasteiger partial charge is 0.222 e.